The number of amides is 1. The minimum absolute atomic E-state index is 0.0330. The quantitative estimate of drug-likeness (QED) is 0.814. The van der Waals surface area contributed by atoms with Crippen LogP contribution in [-0.2, 0) is 16.1 Å². The van der Waals surface area contributed by atoms with Gasteiger partial charge in [0.25, 0.3) is 0 Å². The summed E-state index contributed by atoms with van der Waals surface area (Å²) in [6, 6.07) is 6.31. The van der Waals surface area contributed by atoms with Gasteiger partial charge in [-0.05, 0) is 56.2 Å². The highest BCUT2D eigenvalue weighted by Gasteiger charge is 2.39. The van der Waals surface area contributed by atoms with E-state index in [9.17, 15) is 4.79 Å². The van der Waals surface area contributed by atoms with Crippen LogP contribution in [0.1, 0.15) is 38.2 Å². The van der Waals surface area contributed by atoms with Gasteiger partial charge in [0, 0.05) is 25.7 Å². The average Bonchev–Trinajstić information content (AvgIpc) is 3.10. The summed E-state index contributed by atoms with van der Waals surface area (Å²) in [5.41, 5.74) is 1.14. The molecule has 26 heavy (non-hydrogen) atoms. The maximum absolute atomic E-state index is 12.4. The van der Waals surface area contributed by atoms with Crippen molar-refractivity contribution in [1.29, 1.82) is 0 Å². The molecule has 4 unspecified atom stereocenters. The van der Waals surface area contributed by atoms with Crippen molar-refractivity contribution in [3.05, 3.63) is 23.8 Å². The second kappa shape index (κ2) is 7.84. The second-order valence-corrected chi connectivity index (χ2v) is 7.52. The Labute approximate surface area is 154 Å². The van der Waals surface area contributed by atoms with Crippen molar-refractivity contribution in [3.63, 3.8) is 0 Å². The summed E-state index contributed by atoms with van der Waals surface area (Å²) in [5, 5.41) is 6.68. The number of nitrogens with one attached hydrogen (secondary N) is 2. The Morgan fingerprint density at radius 2 is 2.12 bits per heavy atom. The smallest absolute Gasteiger partial charge is 0.231 e. The zero-order valence-electron chi connectivity index (χ0n) is 15.3. The standard InChI is InChI=1S/C20H28N2O4/c1-2-24-16-4-5-17-14(9-16)8-15(20(23)22-17)11-21-10-13-3-6-18-19(7-13)26-12-25-18/h3,6-7,14-17,21H,2,4-5,8-12H2,1H3,(H,22,23). The highest BCUT2D eigenvalue weighted by atomic mass is 16.7. The van der Waals surface area contributed by atoms with E-state index in [1.165, 1.54) is 0 Å². The van der Waals surface area contributed by atoms with E-state index in [1.54, 1.807) is 0 Å². The Hall–Kier alpha value is -1.79. The van der Waals surface area contributed by atoms with Crippen LogP contribution in [0, 0.1) is 11.8 Å². The molecule has 1 saturated heterocycles. The normalized spacial score (nSPS) is 30.0. The fourth-order valence-corrected chi connectivity index (χ4v) is 4.45. The zero-order chi connectivity index (χ0) is 17.9. The molecule has 3 aliphatic rings. The lowest BCUT2D eigenvalue weighted by atomic mass is 9.74. The Morgan fingerprint density at radius 3 is 3.00 bits per heavy atom. The summed E-state index contributed by atoms with van der Waals surface area (Å²) in [6.07, 6.45) is 4.48. The maximum Gasteiger partial charge on any atom is 0.231 e. The van der Waals surface area contributed by atoms with Crippen molar-refractivity contribution in [2.45, 2.75) is 51.3 Å². The molecule has 0 bridgehead atoms. The first-order valence-corrected chi connectivity index (χ1v) is 9.74. The molecule has 1 saturated carbocycles. The number of rotatable bonds is 6. The summed E-state index contributed by atoms with van der Waals surface area (Å²) in [7, 11) is 0. The number of fused-ring (bicyclic) bond motifs is 2. The van der Waals surface area contributed by atoms with Gasteiger partial charge >= 0.3 is 0 Å². The first kappa shape index (κ1) is 17.6. The molecule has 0 radical (unpaired) electrons. The predicted octanol–water partition coefficient (Wildman–Crippen LogP) is 2.21. The lowest BCUT2D eigenvalue weighted by Crippen LogP contribution is -2.54. The van der Waals surface area contributed by atoms with Crippen molar-refractivity contribution in [2.24, 2.45) is 11.8 Å². The first-order chi connectivity index (χ1) is 12.7. The lowest BCUT2D eigenvalue weighted by molar-refractivity contribution is -0.131. The molecule has 2 aliphatic heterocycles. The fourth-order valence-electron chi connectivity index (χ4n) is 4.45. The van der Waals surface area contributed by atoms with Crippen LogP contribution in [0.15, 0.2) is 18.2 Å². The van der Waals surface area contributed by atoms with Crippen LogP contribution in [0.25, 0.3) is 0 Å². The van der Waals surface area contributed by atoms with E-state index < -0.39 is 0 Å². The third-order valence-electron chi connectivity index (χ3n) is 5.78. The van der Waals surface area contributed by atoms with E-state index in [0.717, 1.165) is 55.9 Å². The Bertz CT molecular complexity index is 651. The first-order valence-electron chi connectivity index (χ1n) is 9.74. The molecule has 0 aromatic heterocycles. The van der Waals surface area contributed by atoms with Crippen LogP contribution >= 0.6 is 0 Å². The molecule has 1 aliphatic carbocycles. The van der Waals surface area contributed by atoms with Crippen LogP contribution in [-0.4, -0.2) is 38.0 Å². The molecule has 4 rings (SSSR count). The molecule has 1 amide bonds. The van der Waals surface area contributed by atoms with Crippen LogP contribution in [0.4, 0.5) is 0 Å². The largest absolute Gasteiger partial charge is 0.454 e. The van der Waals surface area contributed by atoms with Gasteiger partial charge in [0.2, 0.25) is 12.7 Å². The minimum Gasteiger partial charge on any atom is -0.454 e. The maximum atomic E-state index is 12.4. The Balaban J connectivity index is 1.28. The third-order valence-corrected chi connectivity index (χ3v) is 5.78. The Morgan fingerprint density at radius 1 is 1.23 bits per heavy atom. The number of hydrogen-bond donors (Lipinski definition) is 2. The van der Waals surface area contributed by atoms with Crippen molar-refractivity contribution in [3.8, 4) is 11.5 Å². The molecule has 0 spiro atoms. The third kappa shape index (κ3) is 3.81. The molecule has 6 nitrogen and oxygen atoms in total. The van der Waals surface area contributed by atoms with Gasteiger partial charge in [-0.2, -0.15) is 0 Å². The summed E-state index contributed by atoms with van der Waals surface area (Å²) in [5.74, 6) is 2.36. The molecule has 1 aromatic carbocycles. The van der Waals surface area contributed by atoms with Crippen molar-refractivity contribution >= 4 is 5.91 Å². The van der Waals surface area contributed by atoms with Gasteiger partial charge in [0.15, 0.2) is 11.5 Å². The molecule has 6 heteroatoms. The predicted molar refractivity (Wildman–Crippen MR) is 97.1 cm³/mol. The van der Waals surface area contributed by atoms with Crippen LogP contribution < -0.4 is 20.1 Å². The molecular weight excluding hydrogens is 332 g/mol. The fraction of sp³-hybridized carbons (Fsp3) is 0.650. The molecule has 142 valence electrons. The number of hydrogen-bond acceptors (Lipinski definition) is 5. The van der Waals surface area contributed by atoms with Gasteiger partial charge in [-0.1, -0.05) is 6.07 Å². The molecule has 4 atom stereocenters. The summed E-state index contributed by atoms with van der Waals surface area (Å²) >= 11 is 0. The second-order valence-electron chi connectivity index (χ2n) is 7.52. The molecule has 2 fully saturated rings. The van der Waals surface area contributed by atoms with Crippen LogP contribution in [0.5, 0.6) is 11.5 Å². The average molecular weight is 360 g/mol. The molecular formula is C20H28N2O4. The monoisotopic (exact) mass is 360 g/mol. The highest BCUT2D eigenvalue weighted by Crippen LogP contribution is 2.35. The Kier molecular flexibility index (Phi) is 5.31. The molecule has 1 aromatic rings. The van der Waals surface area contributed by atoms with Gasteiger partial charge in [0.05, 0.1) is 12.0 Å². The summed E-state index contributed by atoms with van der Waals surface area (Å²) in [4.78, 5) is 12.4. The van der Waals surface area contributed by atoms with Crippen molar-refractivity contribution in [2.75, 3.05) is 19.9 Å². The summed E-state index contributed by atoms with van der Waals surface area (Å²) < 4.78 is 16.6. The van der Waals surface area contributed by atoms with Gasteiger partial charge < -0.3 is 24.8 Å². The van der Waals surface area contributed by atoms with E-state index in [0.29, 0.717) is 31.4 Å². The lowest BCUT2D eigenvalue weighted by Gasteiger charge is -2.42. The number of benzene rings is 1. The number of ether oxygens (including phenoxy) is 3. The van der Waals surface area contributed by atoms with E-state index in [1.807, 2.05) is 18.2 Å². The van der Waals surface area contributed by atoms with E-state index in [-0.39, 0.29) is 11.8 Å². The van der Waals surface area contributed by atoms with Crippen LogP contribution in [0.2, 0.25) is 0 Å². The number of piperidine rings is 1. The molecule has 2 heterocycles. The van der Waals surface area contributed by atoms with Gasteiger partial charge in [-0.25, -0.2) is 0 Å². The van der Waals surface area contributed by atoms with Gasteiger partial charge in [-0.3, -0.25) is 4.79 Å². The van der Waals surface area contributed by atoms with E-state index >= 15 is 0 Å². The van der Waals surface area contributed by atoms with E-state index in [2.05, 4.69) is 17.6 Å². The van der Waals surface area contributed by atoms with Crippen molar-refractivity contribution < 1.29 is 19.0 Å². The number of carbonyl (C=O) groups is 1. The number of carbonyl (C=O) groups excluding carboxylic acids is 1. The van der Waals surface area contributed by atoms with Gasteiger partial charge in [0.1, 0.15) is 0 Å². The van der Waals surface area contributed by atoms with Crippen LogP contribution in [0.3, 0.4) is 0 Å². The van der Waals surface area contributed by atoms with Crippen molar-refractivity contribution in [1.82, 2.24) is 10.6 Å². The molecule has 2 N–H and O–H groups in total. The van der Waals surface area contributed by atoms with Gasteiger partial charge in [-0.15, -0.1) is 0 Å². The zero-order valence-corrected chi connectivity index (χ0v) is 15.3. The summed E-state index contributed by atoms with van der Waals surface area (Å²) in [6.45, 7) is 4.53. The topological polar surface area (TPSA) is 68.8 Å². The SMILES string of the molecule is CCOC1CCC2NC(=O)C(CNCc3ccc4c(c3)OCO4)CC2C1. The highest BCUT2D eigenvalue weighted by molar-refractivity contribution is 5.80. The van der Waals surface area contributed by atoms with E-state index in [4.69, 9.17) is 14.2 Å². The minimum atomic E-state index is 0.0330.